The molecule has 1 amide bonds. The molecule has 2 N–H and O–H groups in total. The Labute approximate surface area is 269 Å². The first-order chi connectivity index (χ1) is 20.8. The summed E-state index contributed by atoms with van der Waals surface area (Å²) >= 11 is 12.5. The zero-order valence-corrected chi connectivity index (χ0v) is 27.7. The van der Waals surface area contributed by atoms with Gasteiger partial charge in [0.05, 0.1) is 31.6 Å². The molecule has 44 heavy (non-hydrogen) atoms. The minimum absolute atomic E-state index is 0.188. The van der Waals surface area contributed by atoms with Crippen LogP contribution in [0.1, 0.15) is 49.5 Å². The molecular weight excluding hydrogens is 623 g/mol. The SMILES string of the molecule is COc1ccc(C2(C(=O)N3CCN(S(C)(=O)=O)C(C)C3)NC(c3ccc(Cl)cc3)C(c3ccc(Cl)cc3)N2)c(OC(C)C)c1. The van der Waals surface area contributed by atoms with E-state index in [2.05, 4.69) is 10.6 Å². The first kappa shape index (κ1) is 32.5. The van der Waals surface area contributed by atoms with E-state index < -0.39 is 21.7 Å². The zero-order chi connectivity index (χ0) is 31.8. The van der Waals surface area contributed by atoms with E-state index in [0.29, 0.717) is 27.1 Å². The second-order valence-corrected chi connectivity index (χ2v) is 14.4. The van der Waals surface area contributed by atoms with Crippen molar-refractivity contribution in [2.24, 2.45) is 0 Å². The van der Waals surface area contributed by atoms with E-state index in [9.17, 15) is 13.2 Å². The minimum Gasteiger partial charge on any atom is -0.497 e. The molecule has 2 fully saturated rings. The number of ether oxygens (including phenoxy) is 2. The van der Waals surface area contributed by atoms with Crippen LogP contribution in [0.4, 0.5) is 0 Å². The molecule has 3 atom stereocenters. The summed E-state index contributed by atoms with van der Waals surface area (Å²) in [5, 5.41) is 8.59. The van der Waals surface area contributed by atoms with Crippen LogP contribution in [0.5, 0.6) is 11.5 Å². The van der Waals surface area contributed by atoms with Crippen LogP contribution in [0.3, 0.4) is 0 Å². The summed E-state index contributed by atoms with van der Waals surface area (Å²) < 4.78 is 38.1. The van der Waals surface area contributed by atoms with Crippen molar-refractivity contribution in [3.63, 3.8) is 0 Å². The highest BCUT2D eigenvalue weighted by Gasteiger charge is 2.55. The topological polar surface area (TPSA) is 100 Å². The third kappa shape index (κ3) is 6.56. The monoisotopic (exact) mass is 660 g/mol. The van der Waals surface area contributed by atoms with Gasteiger partial charge in [-0.15, -0.1) is 0 Å². The van der Waals surface area contributed by atoms with Gasteiger partial charge in [0, 0.05) is 47.4 Å². The summed E-state index contributed by atoms with van der Waals surface area (Å²) in [6.07, 6.45) is 1.01. The number of sulfonamides is 1. The first-order valence-corrected chi connectivity index (χ1v) is 17.1. The highest BCUT2D eigenvalue weighted by molar-refractivity contribution is 7.88. The number of nitrogens with one attached hydrogen (secondary N) is 2. The van der Waals surface area contributed by atoms with Crippen molar-refractivity contribution in [3.05, 3.63) is 93.5 Å². The molecule has 5 rings (SSSR count). The fourth-order valence-electron chi connectivity index (χ4n) is 6.11. The van der Waals surface area contributed by atoms with Crippen LogP contribution in [0.25, 0.3) is 0 Å². The molecule has 0 spiro atoms. The Hall–Kier alpha value is -2.86. The molecule has 3 unspecified atom stereocenters. The number of methoxy groups -OCH3 is 1. The number of amides is 1. The molecule has 12 heteroatoms. The highest BCUT2D eigenvalue weighted by atomic mass is 35.5. The molecule has 9 nitrogen and oxygen atoms in total. The third-order valence-corrected chi connectivity index (χ3v) is 9.99. The van der Waals surface area contributed by atoms with Crippen molar-refractivity contribution in [1.29, 1.82) is 0 Å². The molecule has 2 aliphatic rings. The van der Waals surface area contributed by atoms with Crippen molar-refractivity contribution < 1.29 is 22.7 Å². The van der Waals surface area contributed by atoms with E-state index >= 15 is 0 Å². The maximum absolute atomic E-state index is 15.0. The lowest BCUT2D eigenvalue weighted by Crippen LogP contribution is -2.64. The van der Waals surface area contributed by atoms with Gasteiger partial charge in [-0.25, -0.2) is 8.42 Å². The van der Waals surface area contributed by atoms with E-state index in [1.165, 1.54) is 10.6 Å². The van der Waals surface area contributed by atoms with Crippen LogP contribution < -0.4 is 20.1 Å². The van der Waals surface area contributed by atoms with Crippen molar-refractivity contribution >= 4 is 39.1 Å². The lowest BCUT2D eigenvalue weighted by atomic mass is 9.95. The number of nitrogens with zero attached hydrogens (tertiary/aromatic N) is 2. The lowest BCUT2D eigenvalue weighted by molar-refractivity contribution is -0.141. The Bertz CT molecular complexity index is 1550. The molecule has 2 saturated heterocycles. The minimum atomic E-state index is -3.43. The predicted octanol–water partition coefficient (Wildman–Crippen LogP) is 5.11. The number of hydrogen-bond donors (Lipinski definition) is 2. The molecule has 2 heterocycles. The molecule has 2 aliphatic heterocycles. The molecular formula is C32H38Cl2N4O5S. The summed E-state index contributed by atoms with van der Waals surface area (Å²) in [4.78, 5) is 16.7. The normalized spacial score (nSPS) is 24.5. The number of carbonyl (C=O) groups is 1. The summed E-state index contributed by atoms with van der Waals surface area (Å²) in [7, 11) is -1.85. The van der Waals surface area contributed by atoms with E-state index in [1.807, 2.05) is 75.4 Å². The standard InChI is InChI=1S/C32H38Cl2N4O5S/c1-20(2)43-28-18-26(42-4)14-15-27(28)32(31(39)37-16-17-38(21(3)19-37)44(5,40)41)35-29(22-6-10-24(33)11-7-22)30(36-32)23-8-12-25(34)13-9-23/h6-15,18,20-21,29-30,35-36H,16-17,19H2,1-5H3. The van der Waals surface area contributed by atoms with Gasteiger partial charge in [0.15, 0.2) is 5.66 Å². The van der Waals surface area contributed by atoms with Crippen LogP contribution in [-0.2, 0) is 20.5 Å². The van der Waals surface area contributed by atoms with Gasteiger partial charge in [-0.05, 0) is 68.3 Å². The van der Waals surface area contributed by atoms with E-state index in [1.54, 1.807) is 24.1 Å². The predicted molar refractivity (Wildman–Crippen MR) is 173 cm³/mol. The molecule has 0 saturated carbocycles. The number of piperazine rings is 1. The van der Waals surface area contributed by atoms with Gasteiger partial charge in [0.1, 0.15) is 11.5 Å². The van der Waals surface area contributed by atoms with E-state index in [-0.39, 0.29) is 43.7 Å². The average Bonchev–Trinajstić information content (AvgIpc) is 3.38. The first-order valence-electron chi connectivity index (χ1n) is 14.5. The number of rotatable bonds is 8. The maximum atomic E-state index is 15.0. The highest BCUT2D eigenvalue weighted by Crippen LogP contribution is 2.45. The second-order valence-electron chi connectivity index (χ2n) is 11.6. The van der Waals surface area contributed by atoms with E-state index in [4.69, 9.17) is 32.7 Å². The van der Waals surface area contributed by atoms with Gasteiger partial charge >= 0.3 is 0 Å². The van der Waals surface area contributed by atoms with Crippen LogP contribution in [-0.4, -0.2) is 68.7 Å². The zero-order valence-electron chi connectivity index (χ0n) is 25.4. The molecule has 3 aromatic carbocycles. The van der Waals surface area contributed by atoms with Crippen molar-refractivity contribution in [3.8, 4) is 11.5 Å². The smallest absolute Gasteiger partial charge is 0.262 e. The summed E-state index contributed by atoms with van der Waals surface area (Å²) in [5.41, 5.74) is 0.974. The lowest BCUT2D eigenvalue weighted by Gasteiger charge is -2.42. The Kier molecular flexibility index (Phi) is 9.51. The number of hydrogen-bond acceptors (Lipinski definition) is 7. The quantitative estimate of drug-likeness (QED) is 0.346. The number of carbonyl (C=O) groups excluding carboxylic acids is 1. The summed E-state index contributed by atoms with van der Waals surface area (Å²) in [6, 6.07) is 19.3. The average molecular weight is 662 g/mol. The molecule has 3 aromatic rings. The van der Waals surface area contributed by atoms with Gasteiger partial charge in [0.25, 0.3) is 5.91 Å². The van der Waals surface area contributed by atoms with Crippen molar-refractivity contribution in [2.45, 2.75) is 50.7 Å². The summed E-state index contributed by atoms with van der Waals surface area (Å²) in [5.74, 6) is 0.831. The Morgan fingerprint density at radius 3 is 1.93 bits per heavy atom. The fraction of sp³-hybridized carbons (Fsp3) is 0.406. The molecule has 0 aliphatic carbocycles. The van der Waals surface area contributed by atoms with Crippen LogP contribution in [0, 0.1) is 0 Å². The van der Waals surface area contributed by atoms with Crippen LogP contribution in [0.15, 0.2) is 66.7 Å². The molecule has 0 bridgehead atoms. The second kappa shape index (κ2) is 12.9. The molecule has 0 radical (unpaired) electrons. The van der Waals surface area contributed by atoms with Gasteiger partial charge < -0.3 is 14.4 Å². The molecule has 0 aromatic heterocycles. The maximum Gasteiger partial charge on any atom is 0.262 e. The van der Waals surface area contributed by atoms with Crippen LogP contribution >= 0.6 is 23.2 Å². The Balaban J connectivity index is 1.67. The Morgan fingerprint density at radius 1 is 0.932 bits per heavy atom. The van der Waals surface area contributed by atoms with Crippen molar-refractivity contribution in [2.75, 3.05) is 33.0 Å². The van der Waals surface area contributed by atoms with E-state index in [0.717, 1.165) is 11.1 Å². The number of benzene rings is 3. The number of halogens is 2. The van der Waals surface area contributed by atoms with Gasteiger partial charge in [0.2, 0.25) is 10.0 Å². The summed E-state index contributed by atoms with van der Waals surface area (Å²) in [6.45, 7) is 6.32. The van der Waals surface area contributed by atoms with Crippen molar-refractivity contribution in [1.82, 2.24) is 19.8 Å². The fourth-order valence-corrected chi connectivity index (χ4v) is 7.49. The third-order valence-electron chi connectivity index (χ3n) is 8.09. The van der Waals surface area contributed by atoms with Crippen LogP contribution in [0.2, 0.25) is 10.0 Å². The van der Waals surface area contributed by atoms with Gasteiger partial charge in [-0.2, -0.15) is 4.31 Å². The largest absolute Gasteiger partial charge is 0.497 e. The van der Waals surface area contributed by atoms with Gasteiger partial charge in [-0.1, -0.05) is 47.5 Å². The van der Waals surface area contributed by atoms with Gasteiger partial charge in [-0.3, -0.25) is 15.4 Å². The molecule has 236 valence electrons. The Morgan fingerprint density at radius 2 is 1.48 bits per heavy atom.